The van der Waals surface area contributed by atoms with E-state index in [0.29, 0.717) is 25.3 Å². The molecule has 0 radical (unpaired) electrons. The molecule has 0 bridgehead atoms. The van der Waals surface area contributed by atoms with E-state index in [1.54, 1.807) is 6.92 Å². The van der Waals surface area contributed by atoms with Gasteiger partial charge in [-0.15, -0.1) is 5.10 Å². The lowest BCUT2D eigenvalue weighted by atomic mass is 10.2. The van der Waals surface area contributed by atoms with Crippen LogP contribution in [0, 0.1) is 6.92 Å². The lowest BCUT2D eigenvalue weighted by molar-refractivity contribution is -0.149. The largest absolute Gasteiger partial charge is 0.462 e. The van der Waals surface area contributed by atoms with Gasteiger partial charge < -0.3 is 9.47 Å². The lowest BCUT2D eigenvalue weighted by Crippen LogP contribution is -2.25. The minimum Gasteiger partial charge on any atom is -0.462 e. The van der Waals surface area contributed by atoms with Crippen LogP contribution in [0.4, 0.5) is 0 Å². The number of Topliss-reactive ketones (excluding diaryl/α,β-unsaturated/α-hetero) is 1. The van der Waals surface area contributed by atoms with Crippen molar-refractivity contribution in [3.8, 4) is 0 Å². The van der Waals surface area contributed by atoms with Crippen LogP contribution in [0.25, 0.3) is 0 Å². The molecule has 112 valence electrons. The summed E-state index contributed by atoms with van der Waals surface area (Å²) in [5, 5.41) is 7.69. The minimum atomic E-state index is -0.572. The van der Waals surface area contributed by atoms with E-state index in [9.17, 15) is 9.59 Å². The average Bonchev–Trinajstić information content (AvgIpc) is 2.78. The highest BCUT2D eigenvalue weighted by Crippen LogP contribution is 2.16. The van der Waals surface area contributed by atoms with Gasteiger partial charge in [0, 0.05) is 13.5 Å². The molecule has 1 heterocycles. The Bertz CT molecular complexity index is 470. The van der Waals surface area contributed by atoms with Crippen molar-refractivity contribution in [1.82, 2.24) is 15.0 Å². The molecule has 1 aromatic heterocycles. The van der Waals surface area contributed by atoms with Crippen LogP contribution in [0.5, 0.6) is 0 Å². The summed E-state index contributed by atoms with van der Waals surface area (Å²) in [6.45, 7) is 8.01. The van der Waals surface area contributed by atoms with Gasteiger partial charge in [0.2, 0.25) is 0 Å². The normalized spacial score (nSPS) is 12.2. The van der Waals surface area contributed by atoms with Gasteiger partial charge in [0.15, 0.2) is 17.5 Å². The summed E-state index contributed by atoms with van der Waals surface area (Å²) in [4.78, 5) is 23.4. The molecule has 1 unspecified atom stereocenters. The zero-order valence-electron chi connectivity index (χ0n) is 12.4. The van der Waals surface area contributed by atoms with E-state index in [1.165, 1.54) is 11.6 Å². The molecule has 0 aromatic carbocycles. The average molecular weight is 283 g/mol. The van der Waals surface area contributed by atoms with E-state index >= 15 is 0 Å². The molecular weight excluding hydrogens is 262 g/mol. The van der Waals surface area contributed by atoms with Gasteiger partial charge in [0.25, 0.3) is 0 Å². The lowest BCUT2D eigenvalue weighted by Gasteiger charge is -2.15. The predicted octanol–water partition coefficient (Wildman–Crippen LogP) is 1.32. The van der Waals surface area contributed by atoms with Crippen LogP contribution in [-0.2, 0) is 14.3 Å². The van der Waals surface area contributed by atoms with Gasteiger partial charge in [0.05, 0.1) is 12.3 Å². The maximum Gasteiger partial charge on any atom is 0.331 e. The standard InChI is InChI=1S/C13H21N3O4/c1-5-11(13(18)20-8-7-19-6-2)16-9(3)12(10(4)17)14-15-16/h11H,5-8H2,1-4H3. The van der Waals surface area contributed by atoms with Crippen LogP contribution in [0.2, 0.25) is 0 Å². The van der Waals surface area contributed by atoms with Gasteiger partial charge in [-0.1, -0.05) is 12.1 Å². The fourth-order valence-corrected chi connectivity index (χ4v) is 1.84. The molecule has 0 N–H and O–H groups in total. The second-order valence-corrected chi connectivity index (χ2v) is 4.31. The van der Waals surface area contributed by atoms with Gasteiger partial charge in [-0.3, -0.25) is 4.79 Å². The predicted molar refractivity (Wildman–Crippen MR) is 71.5 cm³/mol. The molecule has 1 atom stereocenters. The molecule has 20 heavy (non-hydrogen) atoms. The van der Waals surface area contributed by atoms with Crippen molar-refractivity contribution < 1.29 is 19.1 Å². The fourth-order valence-electron chi connectivity index (χ4n) is 1.84. The zero-order valence-corrected chi connectivity index (χ0v) is 12.4. The molecule has 0 amide bonds. The van der Waals surface area contributed by atoms with Crippen molar-refractivity contribution >= 4 is 11.8 Å². The number of rotatable bonds is 8. The number of carbonyl (C=O) groups excluding carboxylic acids is 2. The van der Waals surface area contributed by atoms with Crippen LogP contribution in [0.3, 0.4) is 0 Å². The maximum atomic E-state index is 12.0. The number of esters is 1. The van der Waals surface area contributed by atoms with E-state index in [4.69, 9.17) is 9.47 Å². The summed E-state index contributed by atoms with van der Waals surface area (Å²) in [6.07, 6.45) is 0.509. The van der Waals surface area contributed by atoms with Crippen LogP contribution in [0.15, 0.2) is 0 Å². The third-order valence-electron chi connectivity index (χ3n) is 2.89. The minimum absolute atomic E-state index is 0.173. The molecule has 7 nitrogen and oxygen atoms in total. The van der Waals surface area contributed by atoms with Crippen molar-refractivity contribution in [1.29, 1.82) is 0 Å². The van der Waals surface area contributed by atoms with Gasteiger partial charge in [-0.05, 0) is 20.3 Å². The van der Waals surface area contributed by atoms with Crippen LogP contribution >= 0.6 is 0 Å². The molecule has 0 saturated carbocycles. The summed E-state index contributed by atoms with van der Waals surface area (Å²) in [5.41, 5.74) is 0.858. The maximum absolute atomic E-state index is 12.0. The van der Waals surface area contributed by atoms with Crippen molar-refractivity contribution in [2.45, 2.75) is 40.2 Å². The first-order valence-corrected chi connectivity index (χ1v) is 6.69. The molecule has 1 aromatic rings. The zero-order chi connectivity index (χ0) is 15.1. The summed E-state index contributed by atoms with van der Waals surface area (Å²) >= 11 is 0. The Morgan fingerprint density at radius 2 is 2.00 bits per heavy atom. The summed E-state index contributed by atoms with van der Waals surface area (Å²) in [7, 11) is 0. The van der Waals surface area contributed by atoms with Gasteiger partial charge in [-0.2, -0.15) is 0 Å². The van der Waals surface area contributed by atoms with E-state index in [1.807, 2.05) is 13.8 Å². The Labute approximate surface area is 118 Å². The number of aromatic nitrogens is 3. The molecule has 0 fully saturated rings. The summed E-state index contributed by atoms with van der Waals surface area (Å²) in [5.74, 6) is -0.566. The smallest absolute Gasteiger partial charge is 0.331 e. The molecule has 0 spiro atoms. The Balaban J connectivity index is 2.75. The summed E-state index contributed by atoms with van der Waals surface area (Å²) < 4.78 is 11.7. The molecule has 0 aliphatic heterocycles. The molecule has 0 aliphatic carbocycles. The number of nitrogens with zero attached hydrogens (tertiary/aromatic N) is 3. The first kappa shape index (κ1) is 16.3. The number of ether oxygens (including phenoxy) is 2. The van der Waals surface area contributed by atoms with E-state index in [0.717, 1.165) is 0 Å². The quantitative estimate of drug-likeness (QED) is 0.406. The summed E-state index contributed by atoms with van der Waals surface area (Å²) in [6, 6.07) is -0.572. The highest BCUT2D eigenvalue weighted by Gasteiger charge is 2.25. The Morgan fingerprint density at radius 3 is 2.50 bits per heavy atom. The first-order valence-electron chi connectivity index (χ1n) is 6.69. The second-order valence-electron chi connectivity index (χ2n) is 4.31. The SMILES string of the molecule is CCOCCOC(=O)C(CC)n1nnc(C(C)=O)c1C. The molecular formula is C13H21N3O4. The van der Waals surface area contributed by atoms with E-state index in [-0.39, 0.29) is 18.1 Å². The molecule has 1 rings (SSSR count). The Morgan fingerprint density at radius 1 is 1.30 bits per heavy atom. The van der Waals surface area contributed by atoms with Crippen molar-refractivity contribution in [2.24, 2.45) is 0 Å². The van der Waals surface area contributed by atoms with Crippen LogP contribution in [-0.4, -0.2) is 46.6 Å². The van der Waals surface area contributed by atoms with E-state index in [2.05, 4.69) is 10.3 Å². The van der Waals surface area contributed by atoms with Gasteiger partial charge >= 0.3 is 5.97 Å². The van der Waals surface area contributed by atoms with Gasteiger partial charge in [-0.25, -0.2) is 9.48 Å². The number of ketones is 1. The highest BCUT2D eigenvalue weighted by molar-refractivity contribution is 5.93. The van der Waals surface area contributed by atoms with E-state index < -0.39 is 12.0 Å². The highest BCUT2D eigenvalue weighted by atomic mass is 16.6. The molecule has 0 saturated heterocycles. The molecule has 0 aliphatic rings. The fraction of sp³-hybridized carbons (Fsp3) is 0.692. The first-order chi connectivity index (χ1) is 9.52. The van der Waals surface area contributed by atoms with Crippen LogP contribution < -0.4 is 0 Å². The Kier molecular flexibility index (Phi) is 6.30. The third kappa shape index (κ3) is 3.86. The second kappa shape index (κ2) is 7.74. The van der Waals surface area contributed by atoms with Gasteiger partial charge in [0.1, 0.15) is 6.61 Å². The van der Waals surface area contributed by atoms with Crippen LogP contribution in [0.1, 0.15) is 49.4 Å². The van der Waals surface area contributed by atoms with Crippen molar-refractivity contribution in [3.05, 3.63) is 11.4 Å². The number of carbonyl (C=O) groups is 2. The topological polar surface area (TPSA) is 83.3 Å². The third-order valence-corrected chi connectivity index (χ3v) is 2.89. The molecule has 7 heteroatoms. The van der Waals surface area contributed by atoms with Crippen molar-refractivity contribution in [3.63, 3.8) is 0 Å². The Hall–Kier alpha value is -1.76. The number of hydrogen-bond donors (Lipinski definition) is 0. The van der Waals surface area contributed by atoms with Crippen molar-refractivity contribution in [2.75, 3.05) is 19.8 Å². The monoisotopic (exact) mass is 283 g/mol. The number of hydrogen-bond acceptors (Lipinski definition) is 6.